The summed E-state index contributed by atoms with van der Waals surface area (Å²) in [7, 11) is 0. The molecule has 0 fully saturated rings. The summed E-state index contributed by atoms with van der Waals surface area (Å²) in [4.78, 5) is 21.9. The number of hydrogen-bond donors (Lipinski definition) is 1. The minimum Gasteiger partial charge on any atom is -0.548 e. The van der Waals surface area contributed by atoms with E-state index < -0.39 is 12.0 Å². The first-order valence-corrected chi connectivity index (χ1v) is 8.58. The van der Waals surface area contributed by atoms with Gasteiger partial charge in [-0.1, -0.05) is 71.1 Å². The van der Waals surface area contributed by atoms with E-state index in [1.807, 2.05) is 0 Å². The summed E-state index contributed by atoms with van der Waals surface area (Å²) in [5, 5.41) is 12.9. The Morgan fingerprint density at radius 3 is 1.68 bits per heavy atom. The predicted octanol–water partition coefficient (Wildman–Crippen LogP) is -0.0539. The molecular formula is C17H32NNaO3. The third-order valence-corrected chi connectivity index (χ3v) is 3.74. The summed E-state index contributed by atoms with van der Waals surface area (Å²) < 4.78 is 0. The Morgan fingerprint density at radius 1 is 0.864 bits per heavy atom. The van der Waals surface area contributed by atoms with Crippen molar-refractivity contribution in [2.75, 3.05) is 0 Å². The van der Waals surface area contributed by atoms with Gasteiger partial charge in [-0.3, -0.25) is 4.79 Å². The number of carboxylic acids is 1. The number of rotatable bonds is 14. The molecule has 0 spiro atoms. The van der Waals surface area contributed by atoms with E-state index >= 15 is 0 Å². The minimum absolute atomic E-state index is 0. The van der Waals surface area contributed by atoms with E-state index in [1.165, 1.54) is 58.3 Å². The van der Waals surface area contributed by atoms with E-state index in [-0.39, 0.29) is 35.5 Å². The molecule has 0 aromatic carbocycles. The molecule has 0 radical (unpaired) electrons. The van der Waals surface area contributed by atoms with E-state index in [9.17, 15) is 14.7 Å². The Labute approximate surface area is 158 Å². The van der Waals surface area contributed by atoms with Crippen LogP contribution in [0.4, 0.5) is 0 Å². The Kier molecular flexibility index (Phi) is 19.0. The number of nitrogens with one attached hydrogen (secondary N) is 1. The van der Waals surface area contributed by atoms with Crippen LogP contribution in [0.3, 0.4) is 0 Å². The fourth-order valence-electron chi connectivity index (χ4n) is 2.32. The fraction of sp³-hybridized carbons (Fsp3) is 0.882. The average molecular weight is 321 g/mol. The molecule has 1 N–H and O–H groups in total. The van der Waals surface area contributed by atoms with Crippen molar-refractivity contribution in [1.82, 2.24) is 5.32 Å². The van der Waals surface area contributed by atoms with E-state index in [2.05, 4.69) is 12.2 Å². The number of amides is 1. The molecule has 0 heterocycles. The Morgan fingerprint density at radius 2 is 1.27 bits per heavy atom. The standard InChI is InChI=1S/C17H33NO3.Na/c1-3-4-5-6-7-8-9-10-11-12-13-14-16(19)18-15(2)17(20)21;/h15H,3-14H2,1-2H3,(H,18,19)(H,20,21);/q;+1/p-1/t15-;/m0./s1. The summed E-state index contributed by atoms with van der Waals surface area (Å²) in [5.74, 6) is -1.43. The predicted molar refractivity (Wildman–Crippen MR) is 83.7 cm³/mol. The summed E-state index contributed by atoms with van der Waals surface area (Å²) in [6, 6.07) is -0.898. The number of carbonyl (C=O) groups is 2. The zero-order chi connectivity index (χ0) is 15.9. The monoisotopic (exact) mass is 321 g/mol. The molecule has 0 aliphatic rings. The van der Waals surface area contributed by atoms with Crippen molar-refractivity contribution >= 4 is 11.9 Å². The quantitative estimate of drug-likeness (QED) is 0.360. The van der Waals surface area contributed by atoms with Crippen LogP contribution in [0.25, 0.3) is 0 Å². The maximum atomic E-state index is 11.4. The summed E-state index contributed by atoms with van der Waals surface area (Å²) >= 11 is 0. The molecular weight excluding hydrogens is 289 g/mol. The zero-order valence-electron chi connectivity index (χ0n) is 14.8. The Balaban J connectivity index is 0. The van der Waals surface area contributed by atoms with Gasteiger partial charge in [0.05, 0.1) is 12.0 Å². The molecule has 124 valence electrons. The first kappa shape index (κ1) is 24.2. The van der Waals surface area contributed by atoms with Gasteiger partial charge in [-0.05, 0) is 13.3 Å². The van der Waals surface area contributed by atoms with E-state index in [0.717, 1.165) is 19.3 Å². The van der Waals surface area contributed by atoms with Crippen molar-refractivity contribution in [2.45, 2.75) is 96.9 Å². The molecule has 0 unspecified atom stereocenters. The normalized spacial score (nSPS) is 11.5. The van der Waals surface area contributed by atoms with Crippen LogP contribution < -0.4 is 40.0 Å². The van der Waals surface area contributed by atoms with Gasteiger partial charge < -0.3 is 15.2 Å². The molecule has 22 heavy (non-hydrogen) atoms. The molecule has 0 bridgehead atoms. The Bertz CT molecular complexity index is 285. The van der Waals surface area contributed by atoms with Gasteiger partial charge in [0.15, 0.2) is 0 Å². The Hall–Kier alpha value is -0.0600. The maximum absolute atomic E-state index is 11.4. The van der Waals surface area contributed by atoms with Crippen LogP contribution in [-0.4, -0.2) is 17.9 Å². The van der Waals surface area contributed by atoms with Gasteiger partial charge >= 0.3 is 29.6 Å². The van der Waals surface area contributed by atoms with Crippen LogP contribution in [0, 0.1) is 0 Å². The summed E-state index contributed by atoms with van der Waals surface area (Å²) in [6.45, 7) is 3.66. The second-order valence-corrected chi connectivity index (χ2v) is 5.89. The topological polar surface area (TPSA) is 69.2 Å². The maximum Gasteiger partial charge on any atom is 1.00 e. The van der Waals surface area contributed by atoms with Gasteiger partial charge in [-0.15, -0.1) is 0 Å². The van der Waals surface area contributed by atoms with E-state index in [0.29, 0.717) is 6.42 Å². The molecule has 0 aliphatic heterocycles. The number of carboxylic acid groups (broad SMARTS) is 1. The SMILES string of the molecule is CCCCCCCCCCCCCC(=O)N[C@@H](C)C(=O)[O-].[Na+]. The molecule has 5 heteroatoms. The molecule has 0 aromatic heterocycles. The van der Waals surface area contributed by atoms with Crippen LogP contribution in [0.15, 0.2) is 0 Å². The minimum atomic E-state index is -1.23. The van der Waals surface area contributed by atoms with Gasteiger partial charge in [0.2, 0.25) is 5.91 Å². The average Bonchev–Trinajstić information content (AvgIpc) is 2.44. The van der Waals surface area contributed by atoms with Gasteiger partial charge in [-0.2, -0.15) is 0 Å². The van der Waals surface area contributed by atoms with E-state index in [4.69, 9.17) is 0 Å². The molecule has 0 aromatic rings. The molecule has 1 amide bonds. The van der Waals surface area contributed by atoms with Crippen LogP contribution in [0.1, 0.15) is 90.9 Å². The first-order chi connectivity index (χ1) is 10.1. The largest absolute Gasteiger partial charge is 1.00 e. The van der Waals surface area contributed by atoms with Gasteiger partial charge in [0.1, 0.15) is 0 Å². The van der Waals surface area contributed by atoms with Crippen LogP contribution in [0.5, 0.6) is 0 Å². The molecule has 0 rings (SSSR count). The second-order valence-electron chi connectivity index (χ2n) is 5.89. The van der Waals surface area contributed by atoms with Gasteiger partial charge in [0.25, 0.3) is 0 Å². The van der Waals surface area contributed by atoms with Crippen molar-refractivity contribution in [1.29, 1.82) is 0 Å². The van der Waals surface area contributed by atoms with Crippen LogP contribution in [-0.2, 0) is 9.59 Å². The fourth-order valence-corrected chi connectivity index (χ4v) is 2.32. The molecule has 0 saturated heterocycles. The summed E-state index contributed by atoms with van der Waals surface area (Å²) in [5.41, 5.74) is 0. The number of aliphatic carboxylic acids is 1. The molecule has 1 atom stereocenters. The molecule has 0 aliphatic carbocycles. The first-order valence-electron chi connectivity index (χ1n) is 8.58. The van der Waals surface area contributed by atoms with Crippen LogP contribution in [0.2, 0.25) is 0 Å². The summed E-state index contributed by atoms with van der Waals surface area (Å²) in [6.07, 6.45) is 14.1. The van der Waals surface area contributed by atoms with Gasteiger partial charge in [-0.25, -0.2) is 0 Å². The van der Waals surface area contributed by atoms with E-state index in [1.54, 1.807) is 0 Å². The third-order valence-electron chi connectivity index (χ3n) is 3.74. The molecule has 0 saturated carbocycles. The third kappa shape index (κ3) is 16.3. The zero-order valence-corrected chi connectivity index (χ0v) is 16.8. The smallest absolute Gasteiger partial charge is 0.548 e. The van der Waals surface area contributed by atoms with Crippen LogP contribution >= 0.6 is 0 Å². The number of carbonyl (C=O) groups excluding carboxylic acids is 2. The van der Waals surface area contributed by atoms with Gasteiger partial charge in [0, 0.05) is 6.42 Å². The molecule has 4 nitrogen and oxygen atoms in total. The van der Waals surface area contributed by atoms with Crippen molar-refractivity contribution in [2.24, 2.45) is 0 Å². The number of hydrogen-bond acceptors (Lipinski definition) is 3. The van der Waals surface area contributed by atoms with Crippen molar-refractivity contribution < 1.29 is 44.3 Å². The van der Waals surface area contributed by atoms with Crippen molar-refractivity contribution in [3.8, 4) is 0 Å². The number of unbranched alkanes of at least 4 members (excludes halogenated alkanes) is 10. The van der Waals surface area contributed by atoms with Crippen molar-refractivity contribution in [3.63, 3.8) is 0 Å². The second kappa shape index (κ2) is 17.3. The van der Waals surface area contributed by atoms with Crippen molar-refractivity contribution in [3.05, 3.63) is 0 Å².